The molecule has 18 heavy (non-hydrogen) atoms. The molecule has 0 saturated heterocycles. The molecule has 0 radical (unpaired) electrons. The third-order valence-corrected chi connectivity index (χ3v) is 3.21. The molecule has 1 aliphatic rings. The van der Waals surface area contributed by atoms with Crippen molar-refractivity contribution in [2.75, 3.05) is 5.32 Å². The monoisotopic (exact) mass is 280 g/mol. The molecule has 4 nitrogen and oxygen atoms in total. The van der Waals surface area contributed by atoms with Crippen molar-refractivity contribution in [3.63, 3.8) is 0 Å². The van der Waals surface area contributed by atoms with Crippen LogP contribution in [0.3, 0.4) is 0 Å². The van der Waals surface area contributed by atoms with Crippen LogP contribution in [0, 0.1) is 0 Å². The predicted octanol–water partition coefficient (Wildman–Crippen LogP) is 2.57. The summed E-state index contributed by atoms with van der Waals surface area (Å²) in [5, 5.41) is 3.03. The van der Waals surface area contributed by atoms with Gasteiger partial charge < -0.3 is 5.32 Å². The van der Waals surface area contributed by atoms with Gasteiger partial charge in [0, 0.05) is 12.1 Å². The zero-order valence-electron chi connectivity index (χ0n) is 9.34. The van der Waals surface area contributed by atoms with E-state index in [-0.39, 0.29) is 12.1 Å². The van der Waals surface area contributed by atoms with Crippen molar-refractivity contribution in [3.8, 4) is 0 Å². The molecule has 1 fully saturated rings. The van der Waals surface area contributed by atoms with Crippen LogP contribution in [-0.4, -0.2) is 22.1 Å². The maximum Gasteiger partial charge on any atom is 0.434 e. The van der Waals surface area contributed by atoms with Crippen LogP contribution < -0.4 is 10.2 Å². The summed E-state index contributed by atoms with van der Waals surface area (Å²) in [6.45, 7) is 0. The van der Waals surface area contributed by atoms with Crippen LogP contribution in [0.2, 0.25) is 0 Å². The Morgan fingerprint density at radius 1 is 1.17 bits per heavy atom. The van der Waals surface area contributed by atoms with Gasteiger partial charge in [0.15, 0.2) is 5.69 Å². The highest BCUT2D eigenvalue weighted by Crippen LogP contribution is 2.27. The number of alkyl halides is 3. The second kappa shape index (κ2) is 5.27. The topological polar surface area (TPSA) is 49.8 Å². The molecule has 0 amide bonds. The number of nitrogens with zero attached hydrogens (tertiary/aromatic N) is 2. The summed E-state index contributed by atoms with van der Waals surface area (Å²) in [6, 6.07) is 0.157. The van der Waals surface area contributed by atoms with Crippen LogP contribution in [-0.2, 0) is 6.18 Å². The zero-order valence-corrected chi connectivity index (χ0v) is 10.1. The van der Waals surface area contributed by atoms with E-state index >= 15 is 0 Å². The van der Waals surface area contributed by atoms with Gasteiger partial charge in [-0.05, 0) is 31.0 Å². The Hall–Kier alpha value is -1.08. The number of hydrogen-bond acceptors (Lipinski definition) is 4. The first-order valence-corrected chi connectivity index (χ1v) is 5.90. The molecule has 0 bridgehead atoms. The molecule has 0 unspecified atom stereocenters. The average Bonchev–Trinajstić information content (AvgIpc) is 2.76. The molecule has 2 N–H and O–H groups in total. The lowest BCUT2D eigenvalue weighted by molar-refractivity contribution is -0.141. The maximum absolute atomic E-state index is 12.3. The Labute approximate surface area is 107 Å². The van der Waals surface area contributed by atoms with E-state index < -0.39 is 11.9 Å². The maximum atomic E-state index is 12.3. The lowest BCUT2D eigenvalue weighted by Gasteiger charge is -2.19. The highest BCUT2D eigenvalue weighted by Gasteiger charge is 2.33. The number of aromatic nitrogens is 2. The van der Waals surface area contributed by atoms with Gasteiger partial charge in [-0.3, -0.25) is 0 Å². The van der Waals surface area contributed by atoms with Gasteiger partial charge in [0.1, 0.15) is 5.82 Å². The van der Waals surface area contributed by atoms with Gasteiger partial charge >= 0.3 is 6.18 Å². The van der Waals surface area contributed by atoms with Crippen molar-refractivity contribution in [1.82, 2.24) is 14.8 Å². The van der Waals surface area contributed by atoms with Crippen molar-refractivity contribution in [2.45, 2.75) is 37.5 Å². The molecule has 8 heteroatoms. The second-order valence-electron chi connectivity index (χ2n) is 4.18. The van der Waals surface area contributed by atoms with E-state index in [0.717, 1.165) is 31.7 Å². The van der Waals surface area contributed by atoms with Crippen molar-refractivity contribution < 1.29 is 13.2 Å². The summed E-state index contributed by atoms with van der Waals surface area (Å²) in [4.78, 5) is 9.70. The van der Waals surface area contributed by atoms with E-state index in [9.17, 15) is 13.2 Å². The first-order chi connectivity index (χ1) is 8.50. The highest BCUT2D eigenvalue weighted by molar-refractivity contribution is 6.13. The lowest BCUT2D eigenvalue weighted by Crippen LogP contribution is -2.35. The predicted molar refractivity (Wildman–Crippen MR) is 61.1 cm³/mol. The summed E-state index contributed by atoms with van der Waals surface area (Å²) in [5.41, 5.74) is -0.994. The standard InChI is InChI=1S/C10H12ClF3N4/c11-18-7-3-1-2-6(7)17-9-5-15-8(4-16-9)10(12,13)14/h4-7,18H,1-3H2,(H,16,17)/t6-,7-/m0/s1. The number of anilines is 1. The minimum atomic E-state index is -4.46. The smallest absolute Gasteiger partial charge is 0.364 e. The summed E-state index contributed by atoms with van der Waals surface area (Å²) in [7, 11) is 0. The number of rotatable bonds is 3. The summed E-state index contributed by atoms with van der Waals surface area (Å²) in [6.07, 6.45) is 0.185. The quantitative estimate of drug-likeness (QED) is 0.836. The van der Waals surface area contributed by atoms with E-state index in [1.54, 1.807) is 0 Å². The molecule has 1 aromatic rings. The van der Waals surface area contributed by atoms with Crippen LogP contribution in [0.5, 0.6) is 0 Å². The number of hydrogen-bond donors (Lipinski definition) is 2. The Morgan fingerprint density at radius 3 is 2.44 bits per heavy atom. The van der Waals surface area contributed by atoms with Gasteiger partial charge in [-0.15, -0.1) is 0 Å². The molecule has 1 aliphatic carbocycles. The van der Waals surface area contributed by atoms with E-state index in [2.05, 4.69) is 20.1 Å². The fraction of sp³-hybridized carbons (Fsp3) is 0.600. The molecule has 0 spiro atoms. The van der Waals surface area contributed by atoms with Gasteiger partial charge in [0.2, 0.25) is 0 Å². The van der Waals surface area contributed by atoms with E-state index in [1.807, 2.05) is 0 Å². The van der Waals surface area contributed by atoms with Crippen molar-refractivity contribution >= 4 is 17.6 Å². The Morgan fingerprint density at radius 2 is 1.89 bits per heavy atom. The fourth-order valence-corrected chi connectivity index (χ4v) is 2.26. The van der Waals surface area contributed by atoms with Crippen molar-refractivity contribution in [3.05, 3.63) is 18.1 Å². The Bertz CT molecular complexity index is 395. The largest absolute Gasteiger partial charge is 0.434 e. The Balaban J connectivity index is 2.02. The minimum Gasteiger partial charge on any atom is -0.364 e. The lowest BCUT2D eigenvalue weighted by atomic mass is 10.2. The molecule has 0 aromatic carbocycles. The number of nitrogens with one attached hydrogen (secondary N) is 2. The van der Waals surface area contributed by atoms with E-state index in [0.29, 0.717) is 5.82 Å². The molecular weight excluding hydrogens is 269 g/mol. The normalized spacial score (nSPS) is 24.2. The van der Waals surface area contributed by atoms with Gasteiger partial charge in [-0.1, -0.05) is 0 Å². The molecule has 0 aliphatic heterocycles. The van der Waals surface area contributed by atoms with E-state index in [1.165, 1.54) is 0 Å². The van der Waals surface area contributed by atoms with Gasteiger partial charge in [0.05, 0.1) is 12.4 Å². The van der Waals surface area contributed by atoms with Crippen LogP contribution in [0.4, 0.5) is 19.0 Å². The van der Waals surface area contributed by atoms with Crippen molar-refractivity contribution in [1.29, 1.82) is 0 Å². The summed E-state index contributed by atoms with van der Waals surface area (Å²) >= 11 is 5.58. The first-order valence-electron chi connectivity index (χ1n) is 5.52. The summed E-state index contributed by atoms with van der Waals surface area (Å²) < 4.78 is 36.9. The molecule has 2 rings (SSSR count). The third kappa shape index (κ3) is 3.02. The van der Waals surface area contributed by atoms with Crippen molar-refractivity contribution in [2.24, 2.45) is 0 Å². The highest BCUT2D eigenvalue weighted by atomic mass is 35.5. The first kappa shape index (κ1) is 13.4. The molecular formula is C10H12ClF3N4. The third-order valence-electron chi connectivity index (χ3n) is 2.93. The van der Waals surface area contributed by atoms with Gasteiger partial charge in [-0.25, -0.2) is 14.8 Å². The van der Waals surface area contributed by atoms with Crippen LogP contribution in [0.15, 0.2) is 12.4 Å². The molecule has 1 aromatic heterocycles. The van der Waals surface area contributed by atoms with Crippen LogP contribution in [0.25, 0.3) is 0 Å². The summed E-state index contributed by atoms with van der Waals surface area (Å²) in [5.74, 6) is 0.326. The molecule has 1 saturated carbocycles. The minimum absolute atomic E-state index is 0.0635. The molecule has 2 atom stereocenters. The van der Waals surface area contributed by atoms with Gasteiger partial charge in [-0.2, -0.15) is 13.2 Å². The second-order valence-corrected chi connectivity index (χ2v) is 4.40. The average molecular weight is 281 g/mol. The number of halogens is 4. The van der Waals surface area contributed by atoms with Crippen LogP contribution >= 0.6 is 11.8 Å². The van der Waals surface area contributed by atoms with Gasteiger partial charge in [0.25, 0.3) is 0 Å². The fourth-order valence-electron chi connectivity index (χ4n) is 2.00. The van der Waals surface area contributed by atoms with E-state index in [4.69, 9.17) is 11.8 Å². The van der Waals surface area contributed by atoms with Crippen LogP contribution in [0.1, 0.15) is 25.0 Å². The molecule has 1 heterocycles. The Kier molecular flexibility index (Phi) is 3.91. The zero-order chi connectivity index (χ0) is 13.2. The molecule has 100 valence electrons. The SMILES string of the molecule is FC(F)(F)c1cnc(N[C@H]2CCC[C@@H]2NCl)cn1.